The maximum Gasteiger partial charge on any atom is 0.271 e. The Labute approximate surface area is 135 Å². The van der Waals surface area contributed by atoms with Crippen LogP contribution in [0.4, 0.5) is 11.5 Å². The number of nitrogens with zero attached hydrogens (tertiary/aromatic N) is 2. The molecule has 1 amide bonds. The van der Waals surface area contributed by atoms with Gasteiger partial charge < -0.3 is 10.6 Å². The van der Waals surface area contributed by atoms with Crippen molar-refractivity contribution >= 4 is 23.2 Å². The van der Waals surface area contributed by atoms with E-state index in [2.05, 4.69) is 27.8 Å². The fourth-order valence-electron chi connectivity index (χ4n) is 1.93. The first kappa shape index (κ1) is 16.6. The number of hydrogen-bond acceptors (Lipinski definition) is 5. The zero-order valence-corrected chi connectivity index (χ0v) is 13.3. The van der Waals surface area contributed by atoms with Crippen molar-refractivity contribution in [3.05, 3.63) is 47.7 Å². The van der Waals surface area contributed by atoms with Gasteiger partial charge in [-0.05, 0) is 49.7 Å². The highest BCUT2D eigenvalue weighted by Crippen LogP contribution is 2.15. The van der Waals surface area contributed by atoms with Gasteiger partial charge in [0.25, 0.3) is 5.91 Å². The fraction of sp³-hybridized carbons (Fsp3) is 0.294. The molecule has 0 aliphatic carbocycles. The van der Waals surface area contributed by atoms with Crippen LogP contribution < -0.4 is 10.6 Å². The van der Waals surface area contributed by atoms with Crippen molar-refractivity contribution in [2.45, 2.75) is 26.7 Å². The average Bonchev–Trinajstić information content (AvgIpc) is 2.56. The number of aromatic nitrogens is 2. The standard InChI is InChI=1S/C17H20N4O2/c1-3-4-11-18-17(23)15-9-10-16(21-20-15)19-14-7-5-13(6-8-14)12(2)22/h5-10H,3-4,11H2,1-2H3,(H,18,23)(H,19,21). The Hall–Kier alpha value is -2.76. The van der Waals surface area contributed by atoms with Gasteiger partial charge in [0.2, 0.25) is 0 Å². The molecule has 0 atom stereocenters. The third-order valence-corrected chi connectivity index (χ3v) is 3.28. The Morgan fingerprint density at radius 1 is 1.04 bits per heavy atom. The van der Waals surface area contributed by atoms with Gasteiger partial charge in [0.15, 0.2) is 17.3 Å². The van der Waals surface area contributed by atoms with Gasteiger partial charge in [-0.3, -0.25) is 9.59 Å². The van der Waals surface area contributed by atoms with Gasteiger partial charge in [-0.25, -0.2) is 0 Å². The van der Waals surface area contributed by atoms with Crippen LogP contribution in [0, 0.1) is 0 Å². The molecule has 2 N–H and O–H groups in total. The van der Waals surface area contributed by atoms with E-state index in [1.807, 2.05) is 0 Å². The molecule has 0 radical (unpaired) electrons. The lowest BCUT2D eigenvalue weighted by atomic mass is 10.1. The van der Waals surface area contributed by atoms with Crippen LogP contribution in [0.15, 0.2) is 36.4 Å². The number of amides is 1. The molecular formula is C17H20N4O2. The van der Waals surface area contributed by atoms with Gasteiger partial charge >= 0.3 is 0 Å². The predicted molar refractivity (Wildman–Crippen MR) is 89.0 cm³/mol. The van der Waals surface area contributed by atoms with Crippen molar-refractivity contribution in [2.75, 3.05) is 11.9 Å². The minimum atomic E-state index is -0.219. The molecule has 2 aromatic rings. The SMILES string of the molecule is CCCCNC(=O)c1ccc(Nc2ccc(C(C)=O)cc2)nn1. The molecule has 2 rings (SSSR count). The van der Waals surface area contributed by atoms with E-state index in [1.54, 1.807) is 36.4 Å². The quantitative estimate of drug-likeness (QED) is 0.606. The van der Waals surface area contributed by atoms with Gasteiger partial charge in [0.05, 0.1) is 0 Å². The first-order valence-electron chi connectivity index (χ1n) is 7.60. The van der Waals surface area contributed by atoms with E-state index in [0.717, 1.165) is 18.5 Å². The van der Waals surface area contributed by atoms with Crippen molar-refractivity contribution in [1.82, 2.24) is 15.5 Å². The number of ketones is 1. The highest BCUT2D eigenvalue weighted by Gasteiger charge is 2.07. The van der Waals surface area contributed by atoms with Crippen molar-refractivity contribution < 1.29 is 9.59 Å². The average molecular weight is 312 g/mol. The maximum absolute atomic E-state index is 11.8. The molecule has 120 valence electrons. The van der Waals surface area contributed by atoms with E-state index in [0.29, 0.717) is 23.6 Å². The minimum absolute atomic E-state index is 0.0229. The Bertz CT molecular complexity index is 666. The van der Waals surface area contributed by atoms with Crippen LogP contribution in [-0.2, 0) is 0 Å². The first-order chi connectivity index (χ1) is 11.1. The van der Waals surface area contributed by atoms with Gasteiger partial charge in [0.1, 0.15) is 0 Å². The highest BCUT2D eigenvalue weighted by atomic mass is 16.2. The summed E-state index contributed by atoms with van der Waals surface area (Å²) in [6.07, 6.45) is 1.96. The molecule has 0 spiro atoms. The van der Waals surface area contributed by atoms with Crippen LogP contribution in [0.3, 0.4) is 0 Å². The van der Waals surface area contributed by atoms with E-state index >= 15 is 0 Å². The number of rotatable bonds is 7. The summed E-state index contributed by atoms with van der Waals surface area (Å²) in [5.74, 6) is 0.337. The van der Waals surface area contributed by atoms with Crippen LogP contribution in [0.25, 0.3) is 0 Å². The Morgan fingerprint density at radius 3 is 2.35 bits per heavy atom. The van der Waals surface area contributed by atoms with Gasteiger partial charge in [-0.15, -0.1) is 10.2 Å². The monoisotopic (exact) mass is 312 g/mol. The van der Waals surface area contributed by atoms with Crippen LogP contribution in [0.5, 0.6) is 0 Å². The number of carbonyl (C=O) groups is 2. The lowest BCUT2D eigenvalue weighted by Gasteiger charge is -2.06. The van der Waals surface area contributed by atoms with Crippen molar-refractivity contribution in [2.24, 2.45) is 0 Å². The molecule has 23 heavy (non-hydrogen) atoms. The summed E-state index contributed by atoms with van der Waals surface area (Å²) >= 11 is 0. The number of Topliss-reactive ketones (excluding diaryl/α,β-unsaturated/α-hetero) is 1. The number of nitrogens with one attached hydrogen (secondary N) is 2. The number of anilines is 2. The summed E-state index contributed by atoms with van der Waals surface area (Å²) in [5.41, 5.74) is 1.74. The molecule has 1 aromatic heterocycles. The second-order valence-electron chi connectivity index (χ2n) is 5.17. The van der Waals surface area contributed by atoms with Crippen molar-refractivity contribution in [1.29, 1.82) is 0 Å². The molecule has 0 saturated carbocycles. The Morgan fingerprint density at radius 2 is 1.78 bits per heavy atom. The molecular weight excluding hydrogens is 292 g/mol. The zero-order chi connectivity index (χ0) is 16.7. The maximum atomic E-state index is 11.8. The summed E-state index contributed by atoms with van der Waals surface area (Å²) in [6, 6.07) is 10.4. The molecule has 0 bridgehead atoms. The van der Waals surface area contributed by atoms with Gasteiger partial charge in [0, 0.05) is 17.8 Å². The molecule has 1 aromatic carbocycles. The van der Waals surface area contributed by atoms with Crippen molar-refractivity contribution in [3.63, 3.8) is 0 Å². The third kappa shape index (κ3) is 4.88. The molecule has 0 fully saturated rings. The summed E-state index contributed by atoms with van der Waals surface area (Å²) < 4.78 is 0. The lowest BCUT2D eigenvalue weighted by molar-refractivity contribution is 0.0946. The molecule has 6 nitrogen and oxygen atoms in total. The second-order valence-corrected chi connectivity index (χ2v) is 5.17. The summed E-state index contributed by atoms with van der Waals surface area (Å²) in [4.78, 5) is 23.1. The molecule has 0 unspecified atom stereocenters. The Balaban J connectivity index is 1.96. The minimum Gasteiger partial charge on any atom is -0.351 e. The van der Waals surface area contributed by atoms with E-state index in [-0.39, 0.29) is 11.7 Å². The lowest BCUT2D eigenvalue weighted by Crippen LogP contribution is -2.25. The molecule has 0 aliphatic heterocycles. The predicted octanol–water partition coefficient (Wildman–Crippen LogP) is 2.95. The number of unbranched alkanes of at least 4 members (excludes halogenated alkanes) is 1. The topological polar surface area (TPSA) is 84.0 Å². The zero-order valence-electron chi connectivity index (χ0n) is 13.3. The summed E-state index contributed by atoms with van der Waals surface area (Å²) in [7, 11) is 0. The van der Waals surface area contributed by atoms with E-state index < -0.39 is 0 Å². The van der Waals surface area contributed by atoms with Crippen LogP contribution in [0.2, 0.25) is 0 Å². The van der Waals surface area contributed by atoms with Crippen LogP contribution >= 0.6 is 0 Å². The summed E-state index contributed by atoms with van der Waals surface area (Å²) in [5, 5.41) is 13.8. The number of hydrogen-bond donors (Lipinski definition) is 2. The van der Waals surface area contributed by atoms with Crippen LogP contribution in [-0.4, -0.2) is 28.4 Å². The molecule has 0 saturated heterocycles. The smallest absolute Gasteiger partial charge is 0.271 e. The first-order valence-corrected chi connectivity index (χ1v) is 7.60. The van der Waals surface area contributed by atoms with Gasteiger partial charge in [-0.2, -0.15) is 0 Å². The largest absolute Gasteiger partial charge is 0.351 e. The summed E-state index contributed by atoms with van der Waals surface area (Å²) in [6.45, 7) is 4.23. The fourth-order valence-corrected chi connectivity index (χ4v) is 1.93. The van der Waals surface area contributed by atoms with E-state index in [4.69, 9.17) is 0 Å². The third-order valence-electron chi connectivity index (χ3n) is 3.28. The van der Waals surface area contributed by atoms with Crippen molar-refractivity contribution in [3.8, 4) is 0 Å². The van der Waals surface area contributed by atoms with Gasteiger partial charge in [-0.1, -0.05) is 13.3 Å². The molecule has 1 heterocycles. The normalized spacial score (nSPS) is 10.2. The number of benzene rings is 1. The van der Waals surface area contributed by atoms with E-state index in [1.165, 1.54) is 6.92 Å². The van der Waals surface area contributed by atoms with E-state index in [9.17, 15) is 9.59 Å². The second kappa shape index (κ2) is 8.03. The number of carbonyl (C=O) groups excluding carboxylic acids is 2. The Kier molecular flexibility index (Phi) is 5.80. The molecule has 0 aliphatic rings. The van der Waals surface area contributed by atoms with Crippen LogP contribution in [0.1, 0.15) is 47.5 Å². The highest BCUT2D eigenvalue weighted by molar-refractivity contribution is 5.94. The molecule has 6 heteroatoms.